The highest BCUT2D eigenvalue weighted by Crippen LogP contribution is 2.32. The Morgan fingerprint density at radius 1 is 1.25 bits per heavy atom. The highest BCUT2D eigenvalue weighted by Gasteiger charge is 2.24. The van der Waals surface area contributed by atoms with Crippen LogP contribution in [0.3, 0.4) is 0 Å². The molecule has 0 aromatic carbocycles. The number of rotatable bonds is 5. The summed E-state index contributed by atoms with van der Waals surface area (Å²) in [4.78, 5) is 34.1. The second-order valence-corrected chi connectivity index (χ2v) is 8.29. The fourth-order valence-electron chi connectivity index (χ4n) is 3.12. The summed E-state index contributed by atoms with van der Waals surface area (Å²) in [5.41, 5.74) is 1.29. The maximum Gasteiger partial charge on any atom is 0.341 e. The standard InChI is InChI=1S/C19H23ClN4O3S/c1-12-13(2)28-18(17(12)19(26)27-3)22-16(25)11-23-6-8-24(9-7-23)15-5-4-14(20)10-21-15/h4-5,10H,6-9,11H2,1-3H3,(H,22,25). The molecule has 1 fully saturated rings. The van der Waals surface area contributed by atoms with Gasteiger partial charge < -0.3 is 15.0 Å². The lowest BCUT2D eigenvalue weighted by molar-refractivity contribution is -0.117. The average Bonchev–Trinajstić information content (AvgIpc) is 2.95. The van der Waals surface area contributed by atoms with E-state index in [4.69, 9.17) is 16.3 Å². The van der Waals surface area contributed by atoms with Crippen LogP contribution < -0.4 is 10.2 Å². The predicted molar refractivity (Wildman–Crippen MR) is 112 cm³/mol. The second-order valence-electron chi connectivity index (χ2n) is 6.62. The molecule has 0 saturated carbocycles. The number of amides is 1. The molecule has 3 heterocycles. The normalized spacial score (nSPS) is 14.8. The van der Waals surface area contributed by atoms with Crippen LogP contribution in [-0.2, 0) is 9.53 Å². The van der Waals surface area contributed by atoms with Crippen LogP contribution in [0.5, 0.6) is 0 Å². The summed E-state index contributed by atoms with van der Waals surface area (Å²) in [6.45, 7) is 7.13. The molecule has 2 aromatic heterocycles. The van der Waals surface area contributed by atoms with Gasteiger partial charge in [0.15, 0.2) is 0 Å². The van der Waals surface area contributed by atoms with E-state index in [2.05, 4.69) is 20.1 Å². The van der Waals surface area contributed by atoms with E-state index >= 15 is 0 Å². The zero-order valence-electron chi connectivity index (χ0n) is 16.1. The Hall–Kier alpha value is -2.16. The Kier molecular flexibility index (Phi) is 6.53. The molecule has 0 bridgehead atoms. The largest absolute Gasteiger partial charge is 0.465 e. The molecule has 1 N–H and O–H groups in total. The van der Waals surface area contributed by atoms with Crippen molar-refractivity contribution in [3.63, 3.8) is 0 Å². The summed E-state index contributed by atoms with van der Waals surface area (Å²) in [6.07, 6.45) is 1.64. The second kappa shape index (κ2) is 8.89. The number of halogens is 1. The number of hydrogen-bond acceptors (Lipinski definition) is 7. The molecule has 1 amide bonds. The number of piperazine rings is 1. The number of esters is 1. The number of hydrogen-bond donors (Lipinski definition) is 1. The number of methoxy groups -OCH3 is 1. The summed E-state index contributed by atoms with van der Waals surface area (Å²) in [7, 11) is 1.34. The summed E-state index contributed by atoms with van der Waals surface area (Å²) in [5.74, 6) is 0.325. The van der Waals surface area contributed by atoms with Gasteiger partial charge in [0.05, 0.1) is 24.2 Å². The van der Waals surface area contributed by atoms with Gasteiger partial charge in [0.2, 0.25) is 5.91 Å². The van der Waals surface area contributed by atoms with E-state index in [0.29, 0.717) is 15.6 Å². The van der Waals surface area contributed by atoms with E-state index in [1.165, 1.54) is 18.4 Å². The minimum atomic E-state index is -0.429. The third-order valence-corrected chi connectivity index (χ3v) is 6.15. The van der Waals surface area contributed by atoms with E-state index in [1.54, 1.807) is 6.20 Å². The highest BCUT2D eigenvalue weighted by molar-refractivity contribution is 7.16. The third-order valence-electron chi connectivity index (χ3n) is 4.80. The number of pyridine rings is 1. The van der Waals surface area contributed by atoms with Crippen LogP contribution in [0, 0.1) is 13.8 Å². The number of anilines is 2. The van der Waals surface area contributed by atoms with Gasteiger partial charge in [-0.3, -0.25) is 9.69 Å². The van der Waals surface area contributed by atoms with Crippen LogP contribution in [-0.4, -0.2) is 61.6 Å². The topological polar surface area (TPSA) is 74.8 Å². The van der Waals surface area contributed by atoms with E-state index in [9.17, 15) is 9.59 Å². The van der Waals surface area contributed by atoms with Crippen molar-refractivity contribution in [1.82, 2.24) is 9.88 Å². The summed E-state index contributed by atoms with van der Waals surface area (Å²) in [5, 5.41) is 4.05. The number of nitrogens with zero attached hydrogens (tertiary/aromatic N) is 3. The van der Waals surface area contributed by atoms with Gasteiger partial charge in [-0.2, -0.15) is 0 Å². The van der Waals surface area contributed by atoms with Gasteiger partial charge in [-0.15, -0.1) is 11.3 Å². The van der Waals surface area contributed by atoms with Crippen LogP contribution in [0.25, 0.3) is 0 Å². The van der Waals surface area contributed by atoms with Crippen molar-refractivity contribution in [1.29, 1.82) is 0 Å². The molecule has 9 heteroatoms. The van der Waals surface area contributed by atoms with E-state index in [0.717, 1.165) is 42.4 Å². The Balaban J connectivity index is 1.56. The van der Waals surface area contributed by atoms with E-state index in [1.807, 2.05) is 26.0 Å². The van der Waals surface area contributed by atoms with Crippen molar-refractivity contribution in [2.75, 3.05) is 50.1 Å². The molecule has 0 aliphatic carbocycles. The lowest BCUT2D eigenvalue weighted by atomic mass is 10.1. The molecule has 0 atom stereocenters. The molecule has 150 valence electrons. The van der Waals surface area contributed by atoms with Crippen molar-refractivity contribution in [3.8, 4) is 0 Å². The van der Waals surface area contributed by atoms with Gasteiger partial charge >= 0.3 is 5.97 Å². The van der Waals surface area contributed by atoms with Crippen LogP contribution >= 0.6 is 22.9 Å². The van der Waals surface area contributed by atoms with Crippen LogP contribution in [0.2, 0.25) is 5.02 Å². The van der Waals surface area contributed by atoms with Crippen LogP contribution in [0.4, 0.5) is 10.8 Å². The molecular weight excluding hydrogens is 400 g/mol. The monoisotopic (exact) mass is 422 g/mol. The molecule has 28 heavy (non-hydrogen) atoms. The molecule has 3 rings (SSSR count). The first kappa shape index (κ1) is 20.6. The first-order valence-electron chi connectivity index (χ1n) is 8.96. The van der Waals surface area contributed by atoms with Crippen molar-refractivity contribution in [2.45, 2.75) is 13.8 Å². The molecule has 0 radical (unpaired) electrons. The quantitative estimate of drug-likeness (QED) is 0.746. The molecule has 7 nitrogen and oxygen atoms in total. The number of thiophene rings is 1. The van der Waals surface area contributed by atoms with E-state index in [-0.39, 0.29) is 12.5 Å². The third kappa shape index (κ3) is 4.63. The minimum absolute atomic E-state index is 0.135. The van der Waals surface area contributed by atoms with Crippen molar-refractivity contribution < 1.29 is 14.3 Å². The maximum absolute atomic E-state index is 12.5. The van der Waals surface area contributed by atoms with Gasteiger partial charge in [0, 0.05) is 37.3 Å². The first-order valence-corrected chi connectivity index (χ1v) is 10.2. The smallest absolute Gasteiger partial charge is 0.341 e. The lowest BCUT2D eigenvalue weighted by Gasteiger charge is -2.34. The number of aryl methyl sites for hydroxylation is 1. The number of carbonyl (C=O) groups is 2. The van der Waals surface area contributed by atoms with Gasteiger partial charge in [0.1, 0.15) is 10.8 Å². The predicted octanol–water partition coefficient (Wildman–Crippen LogP) is 2.96. The Labute approximate surface area is 173 Å². The van der Waals surface area contributed by atoms with Crippen molar-refractivity contribution in [2.24, 2.45) is 0 Å². The Morgan fingerprint density at radius 2 is 1.96 bits per heavy atom. The zero-order chi connectivity index (χ0) is 20.3. The Bertz CT molecular complexity index is 861. The van der Waals surface area contributed by atoms with Crippen molar-refractivity contribution in [3.05, 3.63) is 39.4 Å². The SMILES string of the molecule is COC(=O)c1c(NC(=O)CN2CCN(c3ccc(Cl)cn3)CC2)sc(C)c1C. The maximum atomic E-state index is 12.5. The minimum Gasteiger partial charge on any atom is -0.465 e. The molecule has 1 saturated heterocycles. The average molecular weight is 423 g/mol. The summed E-state index contributed by atoms with van der Waals surface area (Å²) in [6, 6.07) is 3.73. The molecule has 0 spiro atoms. The van der Waals surface area contributed by atoms with Crippen molar-refractivity contribution >= 4 is 45.6 Å². The van der Waals surface area contributed by atoms with Gasteiger partial charge in [0.25, 0.3) is 0 Å². The van der Waals surface area contributed by atoms with Gasteiger partial charge in [-0.05, 0) is 31.5 Å². The number of ether oxygens (including phenoxy) is 1. The molecule has 1 aliphatic rings. The number of aromatic nitrogens is 1. The molecule has 2 aromatic rings. The summed E-state index contributed by atoms with van der Waals surface area (Å²) >= 11 is 7.28. The van der Waals surface area contributed by atoms with Gasteiger partial charge in [-0.1, -0.05) is 11.6 Å². The van der Waals surface area contributed by atoms with Gasteiger partial charge in [-0.25, -0.2) is 9.78 Å². The highest BCUT2D eigenvalue weighted by atomic mass is 35.5. The lowest BCUT2D eigenvalue weighted by Crippen LogP contribution is -2.48. The molecular formula is C19H23ClN4O3S. The number of nitrogens with one attached hydrogen (secondary N) is 1. The Morgan fingerprint density at radius 3 is 2.57 bits per heavy atom. The van der Waals surface area contributed by atoms with Crippen LogP contribution in [0.15, 0.2) is 18.3 Å². The van der Waals surface area contributed by atoms with E-state index < -0.39 is 5.97 Å². The summed E-state index contributed by atoms with van der Waals surface area (Å²) < 4.78 is 4.85. The zero-order valence-corrected chi connectivity index (χ0v) is 17.7. The molecule has 1 aliphatic heterocycles. The number of carbonyl (C=O) groups excluding carboxylic acids is 2. The molecule has 0 unspecified atom stereocenters. The first-order chi connectivity index (χ1) is 13.4. The van der Waals surface area contributed by atoms with Crippen LogP contribution in [0.1, 0.15) is 20.8 Å². The fourth-order valence-corrected chi connectivity index (χ4v) is 4.30. The fraction of sp³-hybridized carbons (Fsp3) is 0.421.